The van der Waals surface area contributed by atoms with E-state index in [0.717, 1.165) is 25.9 Å². The minimum atomic E-state index is -0.684. The highest BCUT2D eigenvalue weighted by Crippen LogP contribution is 2.15. The Kier molecular flexibility index (Phi) is 5.75. The maximum Gasteiger partial charge on any atom is 0.191 e. The summed E-state index contributed by atoms with van der Waals surface area (Å²) in [6.07, 6.45) is 6.42. The highest BCUT2D eigenvalue weighted by Gasteiger charge is 2.22. The van der Waals surface area contributed by atoms with Gasteiger partial charge in [0.1, 0.15) is 0 Å². The molecular weight excluding hydrogens is 214 g/mol. The molecule has 0 aromatic carbocycles. The summed E-state index contributed by atoms with van der Waals surface area (Å²) in [5.74, 6) is 0.604. The van der Waals surface area contributed by atoms with E-state index in [1.807, 2.05) is 13.8 Å². The second-order valence-electron chi connectivity index (χ2n) is 5.01. The molecule has 1 fully saturated rings. The highest BCUT2D eigenvalue weighted by atomic mass is 16.3. The average molecular weight is 241 g/mol. The molecule has 4 nitrogen and oxygen atoms in total. The molecule has 4 heteroatoms. The molecule has 0 aromatic rings. The van der Waals surface area contributed by atoms with E-state index in [-0.39, 0.29) is 0 Å². The largest absolute Gasteiger partial charge is 0.388 e. The van der Waals surface area contributed by atoms with Crippen molar-refractivity contribution in [1.82, 2.24) is 4.90 Å². The van der Waals surface area contributed by atoms with Crippen molar-refractivity contribution in [1.29, 1.82) is 0 Å². The summed E-state index contributed by atoms with van der Waals surface area (Å²) in [4.78, 5) is 6.53. The fourth-order valence-corrected chi connectivity index (χ4v) is 2.10. The van der Waals surface area contributed by atoms with Crippen molar-refractivity contribution in [3.05, 3.63) is 0 Å². The second kappa shape index (κ2) is 6.84. The van der Waals surface area contributed by atoms with Crippen LogP contribution < -0.4 is 5.73 Å². The number of aliphatic hydroxyl groups is 1. The molecule has 1 rings (SSSR count). The number of guanidine groups is 1. The summed E-state index contributed by atoms with van der Waals surface area (Å²) in [5, 5.41) is 10.2. The Morgan fingerprint density at radius 2 is 1.71 bits per heavy atom. The van der Waals surface area contributed by atoms with E-state index >= 15 is 0 Å². The normalized spacial score (nSPS) is 19.2. The Bertz CT molecular complexity index is 241. The van der Waals surface area contributed by atoms with Gasteiger partial charge in [0.25, 0.3) is 0 Å². The van der Waals surface area contributed by atoms with Gasteiger partial charge in [-0.2, -0.15) is 0 Å². The Morgan fingerprint density at radius 3 is 2.18 bits per heavy atom. The molecule has 0 aliphatic carbocycles. The molecule has 1 saturated heterocycles. The van der Waals surface area contributed by atoms with Crippen LogP contribution in [0.25, 0.3) is 0 Å². The zero-order chi connectivity index (χ0) is 12.7. The van der Waals surface area contributed by atoms with Gasteiger partial charge in [-0.1, -0.05) is 26.7 Å². The van der Waals surface area contributed by atoms with Crippen LogP contribution in [0.5, 0.6) is 0 Å². The number of nitrogens with two attached hydrogens (primary N) is 1. The Hall–Kier alpha value is -0.770. The van der Waals surface area contributed by atoms with Crippen molar-refractivity contribution in [2.45, 2.75) is 58.0 Å². The molecule has 0 unspecified atom stereocenters. The molecule has 3 N–H and O–H groups in total. The first-order chi connectivity index (χ1) is 8.11. The van der Waals surface area contributed by atoms with Crippen LogP contribution in [0.1, 0.15) is 52.4 Å². The third kappa shape index (κ3) is 4.54. The maximum absolute atomic E-state index is 10.2. The number of rotatable bonds is 4. The van der Waals surface area contributed by atoms with E-state index in [2.05, 4.69) is 9.89 Å². The van der Waals surface area contributed by atoms with Gasteiger partial charge in [0.2, 0.25) is 0 Å². The minimum absolute atomic E-state index is 0.419. The van der Waals surface area contributed by atoms with E-state index in [0.29, 0.717) is 12.5 Å². The van der Waals surface area contributed by atoms with Gasteiger partial charge >= 0.3 is 0 Å². The predicted octanol–water partition coefficient (Wildman–Crippen LogP) is 1.73. The van der Waals surface area contributed by atoms with Crippen molar-refractivity contribution in [2.24, 2.45) is 10.7 Å². The van der Waals surface area contributed by atoms with E-state index in [1.54, 1.807) is 0 Å². The first-order valence-corrected chi connectivity index (χ1v) is 6.88. The van der Waals surface area contributed by atoms with Gasteiger partial charge in [0.05, 0.1) is 12.1 Å². The fraction of sp³-hybridized carbons (Fsp3) is 0.923. The topological polar surface area (TPSA) is 61.9 Å². The summed E-state index contributed by atoms with van der Waals surface area (Å²) in [6.45, 7) is 6.41. The standard InChI is InChI=1S/C13H27N3O/c1-3-13(17,4-2)11-15-12(14)16-9-7-5-6-8-10-16/h17H,3-11H2,1-2H3,(H2,14,15). The monoisotopic (exact) mass is 241 g/mol. The molecular formula is C13H27N3O. The summed E-state index contributed by atoms with van der Waals surface area (Å²) in [7, 11) is 0. The van der Waals surface area contributed by atoms with E-state index < -0.39 is 5.60 Å². The molecule has 100 valence electrons. The van der Waals surface area contributed by atoms with Gasteiger partial charge in [-0.25, -0.2) is 0 Å². The molecule has 0 saturated carbocycles. The Labute approximate surface area is 105 Å². The summed E-state index contributed by atoms with van der Waals surface area (Å²) in [5.41, 5.74) is 5.32. The van der Waals surface area contributed by atoms with Gasteiger partial charge in [-0.3, -0.25) is 4.99 Å². The molecule has 1 aliphatic rings. The quantitative estimate of drug-likeness (QED) is 0.582. The number of hydrogen-bond donors (Lipinski definition) is 2. The molecule has 0 aromatic heterocycles. The van der Waals surface area contributed by atoms with Crippen molar-refractivity contribution >= 4 is 5.96 Å². The van der Waals surface area contributed by atoms with Crippen molar-refractivity contribution in [3.8, 4) is 0 Å². The Morgan fingerprint density at radius 1 is 1.18 bits per heavy atom. The van der Waals surface area contributed by atoms with Crippen LogP contribution in [0.2, 0.25) is 0 Å². The second-order valence-corrected chi connectivity index (χ2v) is 5.01. The molecule has 0 radical (unpaired) electrons. The summed E-state index contributed by atoms with van der Waals surface area (Å²) >= 11 is 0. The van der Waals surface area contributed by atoms with E-state index in [9.17, 15) is 5.11 Å². The average Bonchev–Trinajstić information content (AvgIpc) is 2.64. The van der Waals surface area contributed by atoms with Gasteiger partial charge < -0.3 is 15.7 Å². The lowest BCUT2D eigenvalue weighted by atomic mass is 9.98. The lowest BCUT2D eigenvalue weighted by Crippen LogP contribution is -2.40. The molecule has 0 amide bonds. The molecule has 1 heterocycles. The zero-order valence-corrected chi connectivity index (χ0v) is 11.3. The number of nitrogens with zero attached hydrogens (tertiary/aromatic N) is 2. The van der Waals surface area contributed by atoms with E-state index in [1.165, 1.54) is 25.7 Å². The van der Waals surface area contributed by atoms with Gasteiger partial charge in [0, 0.05) is 13.1 Å². The number of aliphatic imine (C=N–C) groups is 1. The van der Waals surface area contributed by atoms with Crippen molar-refractivity contribution < 1.29 is 5.11 Å². The summed E-state index contributed by atoms with van der Waals surface area (Å²) in [6, 6.07) is 0. The maximum atomic E-state index is 10.2. The van der Waals surface area contributed by atoms with Crippen LogP contribution in [0, 0.1) is 0 Å². The molecule has 0 bridgehead atoms. The molecule has 0 atom stereocenters. The van der Waals surface area contributed by atoms with Crippen LogP contribution in [-0.4, -0.2) is 41.2 Å². The van der Waals surface area contributed by atoms with Crippen LogP contribution in [0.4, 0.5) is 0 Å². The number of likely N-dealkylation sites (tertiary alicyclic amines) is 1. The van der Waals surface area contributed by atoms with Crippen LogP contribution in [0.3, 0.4) is 0 Å². The van der Waals surface area contributed by atoms with Gasteiger partial charge in [0.15, 0.2) is 5.96 Å². The smallest absolute Gasteiger partial charge is 0.191 e. The summed E-state index contributed by atoms with van der Waals surface area (Å²) < 4.78 is 0. The molecule has 1 aliphatic heterocycles. The third-order valence-electron chi connectivity index (χ3n) is 3.78. The third-order valence-corrected chi connectivity index (χ3v) is 3.78. The van der Waals surface area contributed by atoms with Crippen molar-refractivity contribution in [3.63, 3.8) is 0 Å². The molecule has 17 heavy (non-hydrogen) atoms. The fourth-order valence-electron chi connectivity index (χ4n) is 2.10. The van der Waals surface area contributed by atoms with Crippen LogP contribution >= 0.6 is 0 Å². The first kappa shape index (κ1) is 14.3. The molecule has 0 spiro atoms. The SMILES string of the molecule is CCC(O)(CC)CN=C(N)N1CCCCCC1. The number of hydrogen-bond acceptors (Lipinski definition) is 2. The Balaban J connectivity index is 2.52. The zero-order valence-electron chi connectivity index (χ0n) is 11.3. The van der Waals surface area contributed by atoms with Crippen molar-refractivity contribution in [2.75, 3.05) is 19.6 Å². The first-order valence-electron chi connectivity index (χ1n) is 6.88. The lowest BCUT2D eigenvalue weighted by Gasteiger charge is -2.25. The van der Waals surface area contributed by atoms with E-state index in [4.69, 9.17) is 5.73 Å². The minimum Gasteiger partial charge on any atom is -0.388 e. The van der Waals surface area contributed by atoms with Crippen LogP contribution in [-0.2, 0) is 0 Å². The lowest BCUT2D eigenvalue weighted by molar-refractivity contribution is 0.0416. The van der Waals surface area contributed by atoms with Gasteiger partial charge in [-0.15, -0.1) is 0 Å². The van der Waals surface area contributed by atoms with Gasteiger partial charge in [-0.05, 0) is 25.7 Å². The van der Waals surface area contributed by atoms with Crippen LogP contribution in [0.15, 0.2) is 4.99 Å². The highest BCUT2D eigenvalue weighted by molar-refractivity contribution is 5.78. The predicted molar refractivity (Wildman–Crippen MR) is 72.1 cm³/mol.